The van der Waals surface area contributed by atoms with Crippen molar-refractivity contribution >= 4 is 29.3 Å². The molecule has 1 N–H and O–H groups in total. The lowest BCUT2D eigenvalue weighted by Gasteiger charge is -2.18. The van der Waals surface area contributed by atoms with Crippen LogP contribution >= 0.6 is 11.8 Å². The predicted octanol–water partition coefficient (Wildman–Crippen LogP) is 4.00. The van der Waals surface area contributed by atoms with E-state index in [1.165, 1.54) is 11.8 Å². The molecular weight excluding hydrogens is 394 g/mol. The molecule has 6 heteroatoms. The third-order valence-electron chi connectivity index (χ3n) is 5.06. The molecule has 0 bridgehead atoms. The number of rotatable bonds is 6. The van der Waals surface area contributed by atoms with Crippen molar-refractivity contribution in [2.75, 3.05) is 17.2 Å². The van der Waals surface area contributed by atoms with Crippen molar-refractivity contribution in [2.45, 2.75) is 24.8 Å². The van der Waals surface area contributed by atoms with E-state index in [0.29, 0.717) is 24.4 Å². The summed E-state index contributed by atoms with van der Waals surface area (Å²) in [5.41, 5.74) is 4.94. The number of anilines is 1. The van der Waals surface area contributed by atoms with Crippen LogP contribution in [0.5, 0.6) is 0 Å². The molecule has 3 aromatic rings. The van der Waals surface area contributed by atoms with Gasteiger partial charge in [0, 0.05) is 41.6 Å². The summed E-state index contributed by atoms with van der Waals surface area (Å²) in [7, 11) is 0. The highest BCUT2D eigenvalue weighted by Gasteiger charge is 2.25. The van der Waals surface area contributed by atoms with Gasteiger partial charge >= 0.3 is 0 Å². The molecule has 0 fully saturated rings. The van der Waals surface area contributed by atoms with Gasteiger partial charge in [-0.3, -0.25) is 14.6 Å². The minimum atomic E-state index is -0.00596. The van der Waals surface area contributed by atoms with Gasteiger partial charge in [-0.25, -0.2) is 0 Å². The molecule has 1 aromatic heterocycles. The largest absolute Gasteiger partial charge is 0.351 e. The quantitative estimate of drug-likeness (QED) is 0.616. The van der Waals surface area contributed by atoms with Crippen LogP contribution in [0.15, 0.2) is 71.9 Å². The van der Waals surface area contributed by atoms with Crippen LogP contribution in [0.4, 0.5) is 5.69 Å². The number of benzene rings is 2. The Hall–Kier alpha value is -3.12. The van der Waals surface area contributed by atoms with E-state index in [9.17, 15) is 9.59 Å². The number of aromatic nitrogens is 1. The molecule has 0 spiro atoms. The van der Waals surface area contributed by atoms with Gasteiger partial charge in [-0.2, -0.15) is 0 Å². The second kappa shape index (κ2) is 9.13. The second-order valence-electron chi connectivity index (χ2n) is 7.29. The van der Waals surface area contributed by atoms with Crippen LogP contribution in [0.2, 0.25) is 0 Å². The van der Waals surface area contributed by atoms with Crippen LogP contribution < -0.4 is 10.2 Å². The van der Waals surface area contributed by atoms with Gasteiger partial charge < -0.3 is 10.2 Å². The molecule has 2 heterocycles. The monoisotopic (exact) mass is 417 g/mol. The summed E-state index contributed by atoms with van der Waals surface area (Å²) in [6, 6.07) is 17.5. The van der Waals surface area contributed by atoms with E-state index >= 15 is 0 Å². The van der Waals surface area contributed by atoms with Gasteiger partial charge in [-0.05, 0) is 54.8 Å². The van der Waals surface area contributed by atoms with Crippen LogP contribution in [0.1, 0.15) is 27.0 Å². The lowest BCUT2D eigenvalue weighted by atomic mass is 10.1. The standard InChI is InChI=1S/C24H23N3O2S/c1-17-3-2-4-20(13-17)24(29)27-12-9-19-14-18(5-6-22(19)27)15-26-23(28)16-30-21-7-10-25-11-8-21/h2-8,10-11,13-14H,9,12,15-16H2,1H3,(H,26,28). The Kier molecular flexibility index (Phi) is 6.14. The number of nitrogens with zero attached hydrogens (tertiary/aromatic N) is 2. The van der Waals surface area contributed by atoms with Crippen molar-refractivity contribution in [3.8, 4) is 0 Å². The van der Waals surface area contributed by atoms with Crippen LogP contribution in [0.3, 0.4) is 0 Å². The first-order valence-electron chi connectivity index (χ1n) is 9.90. The number of carbonyl (C=O) groups excluding carboxylic acids is 2. The van der Waals surface area contributed by atoms with Crippen molar-refractivity contribution in [1.29, 1.82) is 0 Å². The summed E-state index contributed by atoms with van der Waals surface area (Å²) in [6.45, 7) is 3.15. The first-order chi connectivity index (χ1) is 14.6. The maximum atomic E-state index is 12.9. The van der Waals surface area contributed by atoms with E-state index < -0.39 is 0 Å². The fourth-order valence-corrected chi connectivity index (χ4v) is 4.26. The summed E-state index contributed by atoms with van der Waals surface area (Å²) in [6.07, 6.45) is 4.27. The van der Waals surface area contributed by atoms with Crippen LogP contribution in [0.25, 0.3) is 0 Å². The van der Waals surface area contributed by atoms with Crippen molar-refractivity contribution in [2.24, 2.45) is 0 Å². The summed E-state index contributed by atoms with van der Waals surface area (Å²) < 4.78 is 0. The average Bonchev–Trinajstić information content (AvgIpc) is 3.19. The van der Waals surface area contributed by atoms with Crippen LogP contribution in [-0.2, 0) is 17.8 Å². The third kappa shape index (κ3) is 4.71. The van der Waals surface area contributed by atoms with E-state index in [4.69, 9.17) is 0 Å². The van der Waals surface area contributed by atoms with Crippen molar-refractivity contribution in [3.05, 3.63) is 89.2 Å². The number of fused-ring (bicyclic) bond motifs is 1. The smallest absolute Gasteiger partial charge is 0.258 e. The van der Waals surface area contributed by atoms with Gasteiger partial charge in [0.1, 0.15) is 0 Å². The Morgan fingerprint density at radius 2 is 1.93 bits per heavy atom. The summed E-state index contributed by atoms with van der Waals surface area (Å²) in [5.74, 6) is 0.397. The molecule has 5 nitrogen and oxygen atoms in total. The molecule has 2 amide bonds. The Morgan fingerprint density at radius 3 is 2.73 bits per heavy atom. The number of pyridine rings is 1. The molecule has 0 saturated heterocycles. The van der Waals surface area contributed by atoms with Gasteiger partial charge in [0.15, 0.2) is 0 Å². The number of hydrogen-bond donors (Lipinski definition) is 1. The normalized spacial score (nSPS) is 12.5. The highest BCUT2D eigenvalue weighted by molar-refractivity contribution is 8.00. The fourth-order valence-electron chi connectivity index (χ4n) is 3.54. The topological polar surface area (TPSA) is 62.3 Å². The predicted molar refractivity (Wildman–Crippen MR) is 120 cm³/mol. The number of thioether (sulfide) groups is 1. The number of aryl methyl sites for hydroxylation is 1. The Bertz CT molecular complexity index is 1070. The van der Waals surface area contributed by atoms with Gasteiger partial charge in [0.05, 0.1) is 5.75 Å². The Labute approximate surface area is 180 Å². The van der Waals surface area contributed by atoms with E-state index in [1.54, 1.807) is 12.4 Å². The molecule has 30 heavy (non-hydrogen) atoms. The van der Waals surface area contributed by atoms with E-state index in [-0.39, 0.29) is 11.8 Å². The maximum Gasteiger partial charge on any atom is 0.258 e. The minimum Gasteiger partial charge on any atom is -0.351 e. The Balaban J connectivity index is 1.35. The number of amides is 2. The third-order valence-corrected chi connectivity index (χ3v) is 6.07. The molecule has 0 radical (unpaired) electrons. The maximum absolute atomic E-state index is 12.9. The van der Waals surface area contributed by atoms with Crippen molar-refractivity contribution < 1.29 is 9.59 Å². The zero-order valence-corrected chi connectivity index (χ0v) is 17.6. The van der Waals surface area contributed by atoms with Crippen molar-refractivity contribution in [1.82, 2.24) is 10.3 Å². The molecule has 0 atom stereocenters. The lowest BCUT2D eigenvalue weighted by Crippen LogP contribution is -2.28. The van der Waals surface area contributed by atoms with Crippen LogP contribution in [-0.4, -0.2) is 29.1 Å². The summed E-state index contributed by atoms with van der Waals surface area (Å²) in [5, 5.41) is 2.97. The molecule has 1 aliphatic rings. The first-order valence-corrected chi connectivity index (χ1v) is 10.9. The highest BCUT2D eigenvalue weighted by atomic mass is 32.2. The average molecular weight is 418 g/mol. The lowest BCUT2D eigenvalue weighted by molar-refractivity contribution is -0.118. The molecule has 1 aliphatic heterocycles. The first kappa shape index (κ1) is 20.2. The summed E-state index contributed by atoms with van der Waals surface area (Å²) >= 11 is 1.49. The van der Waals surface area contributed by atoms with Gasteiger partial charge in [0.2, 0.25) is 5.91 Å². The molecule has 4 rings (SSSR count). The molecule has 152 valence electrons. The van der Waals surface area contributed by atoms with E-state index in [2.05, 4.69) is 16.4 Å². The number of carbonyl (C=O) groups is 2. The molecule has 0 unspecified atom stereocenters. The fraction of sp³-hybridized carbons (Fsp3) is 0.208. The van der Waals surface area contributed by atoms with Gasteiger partial charge in [-0.1, -0.05) is 29.8 Å². The zero-order chi connectivity index (χ0) is 20.9. The summed E-state index contributed by atoms with van der Waals surface area (Å²) in [4.78, 5) is 31.9. The van der Waals surface area contributed by atoms with Crippen molar-refractivity contribution in [3.63, 3.8) is 0 Å². The van der Waals surface area contributed by atoms with E-state index in [0.717, 1.165) is 33.7 Å². The highest BCUT2D eigenvalue weighted by Crippen LogP contribution is 2.30. The molecular formula is C24H23N3O2S. The van der Waals surface area contributed by atoms with Gasteiger partial charge in [0.25, 0.3) is 5.91 Å². The van der Waals surface area contributed by atoms with E-state index in [1.807, 2.05) is 60.4 Å². The SMILES string of the molecule is Cc1cccc(C(=O)N2CCc3cc(CNC(=O)CSc4ccncc4)ccc32)c1. The zero-order valence-electron chi connectivity index (χ0n) is 16.8. The number of hydrogen-bond acceptors (Lipinski definition) is 4. The number of nitrogens with one attached hydrogen (secondary N) is 1. The van der Waals surface area contributed by atoms with Gasteiger partial charge in [-0.15, -0.1) is 11.8 Å². The Morgan fingerprint density at radius 1 is 1.10 bits per heavy atom. The molecule has 2 aromatic carbocycles. The molecule has 0 aliphatic carbocycles. The minimum absolute atomic E-state index is 0.00596. The second-order valence-corrected chi connectivity index (χ2v) is 8.34. The van der Waals surface area contributed by atoms with Crippen LogP contribution in [0, 0.1) is 6.92 Å². The molecule has 0 saturated carbocycles.